The summed E-state index contributed by atoms with van der Waals surface area (Å²) in [6.45, 7) is 1.32. The molecule has 1 amide bonds. The largest absolute Gasteiger partial charge is 0.384 e. The molecule has 1 aliphatic heterocycles. The highest BCUT2D eigenvalue weighted by molar-refractivity contribution is 7.11. The van der Waals surface area contributed by atoms with Gasteiger partial charge in [0.1, 0.15) is 6.61 Å². The zero-order valence-electron chi connectivity index (χ0n) is 10.8. The van der Waals surface area contributed by atoms with E-state index in [1.165, 1.54) is 21.8 Å². The number of hydrogen-bond donors (Lipinski definition) is 1. The van der Waals surface area contributed by atoms with E-state index in [1.54, 1.807) is 17.4 Å². The number of amides is 1. The molecule has 102 valence electrons. The molecular weight excluding hydrogens is 290 g/mol. The second-order valence-electron chi connectivity index (χ2n) is 4.51. The summed E-state index contributed by atoms with van der Waals surface area (Å²) in [5, 5.41) is 12.6. The summed E-state index contributed by atoms with van der Waals surface area (Å²) in [5.74, 6) is 5.50. The number of fused-ring (bicyclic) bond motifs is 1. The van der Waals surface area contributed by atoms with E-state index in [-0.39, 0.29) is 12.5 Å². The van der Waals surface area contributed by atoms with Crippen LogP contribution < -0.4 is 0 Å². The van der Waals surface area contributed by atoms with Gasteiger partial charge in [-0.05, 0) is 29.5 Å². The Balaban J connectivity index is 1.75. The number of carbonyl (C=O) groups excluding carboxylic acids is 1. The van der Waals surface area contributed by atoms with E-state index < -0.39 is 0 Å². The first kappa shape index (κ1) is 13.4. The molecule has 3 rings (SSSR count). The molecule has 2 aromatic heterocycles. The zero-order valence-corrected chi connectivity index (χ0v) is 12.4. The van der Waals surface area contributed by atoms with Gasteiger partial charge in [0.2, 0.25) is 0 Å². The van der Waals surface area contributed by atoms with Gasteiger partial charge >= 0.3 is 0 Å². The molecule has 0 aromatic carbocycles. The summed E-state index contributed by atoms with van der Waals surface area (Å²) in [6, 6.07) is 3.91. The number of carbonyl (C=O) groups is 1. The Morgan fingerprint density at radius 3 is 3.20 bits per heavy atom. The van der Waals surface area contributed by atoms with Crippen LogP contribution in [-0.2, 0) is 13.0 Å². The maximum atomic E-state index is 12.5. The van der Waals surface area contributed by atoms with Crippen molar-refractivity contribution in [3.05, 3.63) is 43.8 Å². The normalized spacial score (nSPS) is 13.6. The Hall–Kier alpha value is -1.61. The molecule has 0 fully saturated rings. The molecule has 5 heteroatoms. The lowest BCUT2D eigenvalue weighted by Gasteiger charge is -2.26. The molecule has 3 heterocycles. The van der Waals surface area contributed by atoms with Crippen LogP contribution in [0.1, 0.15) is 25.7 Å². The lowest BCUT2D eigenvalue weighted by molar-refractivity contribution is 0.0736. The predicted molar refractivity (Wildman–Crippen MR) is 81.0 cm³/mol. The van der Waals surface area contributed by atoms with Gasteiger partial charge in [-0.2, -0.15) is 0 Å². The predicted octanol–water partition coefficient (Wildman–Crippen LogP) is 2.35. The first-order valence-corrected chi connectivity index (χ1v) is 8.06. The topological polar surface area (TPSA) is 40.5 Å². The van der Waals surface area contributed by atoms with Crippen LogP contribution in [0.5, 0.6) is 0 Å². The molecule has 2 aromatic rings. The number of aliphatic hydroxyl groups excluding tert-OH is 1. The molecule has 1 aliphatic rings. The fourth-order valence-corrected chi connectivity index (χ4v) is 3.88. The zero-order chi connectivity index (χ0) is 13.9. The van der Waals surface area contributed by atoms with Crippen LogP contribution in [0.25, 0.3) is 0 Å². The molecule has 20 heavy (non-hydrogen) atoms. The van der Waals surface area contributed by atoms with Gasteiger partial charge in [-0.1, -0.05) is 11.8 Å². The average Bonchev–Trinajstić information content (AvgIpc) is 3.12. The van der Waals surface area contributed by atoms with E-state index in [0.29, 0.717) is 12.1 Å². The number of aliphatic hydroxyl groups is 1. The maximum absolute atomic E-state index is 12.5. The Kier molecular flexibility index (Phi) is 3.88. The van der Waals surface area contributed by atoms with Gasteiger partial charge in [0.25, 0.3) is 5.91 Å². The molecule has 1 N–H and O–H groups in total. The number of nitrogens with zero attached hydrogens (tertiary/aromatic N) is 1. The standard InChI is InChI=1S/C15H13NO2S2/c17-6-1-2-13-8-12(10-20-13)15(18)16-5-3-14-11(9-16)4-7-19-14/h4,7-8,10,17H,3,5-6,9H2. The summed E-state index contributed by atoms with van der Waals surface area (Å²) in [6.07, 6.45) is 0.944. The molecule has 0 radical (unpaired) electrons. The number of hydrogen-bond acceptors (Lipinski definition) is 4. The first-order valence-electron chi connectivity index (χ1n) is 6.30. The number of thiophene rings is 2. The summed E-state index contributed by atoms with van der Waals surface area (Å²) in [7, 11) is 0. The van der Waals surface area contributed by atoms with Gasteiger partial charge in [0.15, 0.2) is 0 Å². The van der Waals surface area contributed by atoms with E-state index in [4.69, 9.17) is 5.11 Å². The van der Waals surface area contributed by atoms with Gasteiger partial charge in [0, 0.05) is 23.3 Å². The molecule has 0 atom stereocenters. The second-order valence-corrected chi connectivity index (χ2v) is 6.42. The van der Waals surface area contributed by atoms with Crippen molar-refractivity contribution in [2.24, 2.45) is 0 Å². The summed E-state index contributed by atoms with van der Waals surface area (Å²) in [4.78, 5) is 16.6. The second kappa shape index (κ2) is 5.80. The van der Waals surface area contributed by atoms with Gasteiger partial charge < -0.3 is 10.0 Å². The van der Waals surface area contributed by atoms with Crippen LogP contribution >= 0.6 is 22.7 Å². The smallest absolute Gasteiger partial charge is 0.255 e. The minimum atomic E-state index is -0.158. The fraction of sp³-hybridized carbons (Fsp3) is 0.267. The van der Waals surface area contributed by atoms with E-state index in [0.717, 1.165) is 17.8 Å². The maximum Gasteiger partial charge on any atom is 0.255 e. The molecule has 3 nitrogen and oxygen atoms in total. The van der Waals surface area contributed by atoms with Crippen molar-refractivity contribution >= 4 is 28.6 Å². The van der Waals surface area contributed by atoms with Crippen LogP contribution in [0.2, 0.25) is 0 Å². The van der Waals surface area contributed by atoms with Crippen LogP contribution in [-0.4, -0.2) is 29.1 Å². The molecular formula is C15H13NO2S2. The quantitative estimate of drug-likeness (QED) is 0.822. The Morgan fingerprint density at radius 2 is 2.35 bits per heavy atom. The lowest BCUT2D eigenvalue weighted by Crippen LogP contribution is -2.35. The van der Waals surface area contributed by atoms with Crippen LogP contribution in [0, 0.1) is 11.8 Å². The molecule has 0 saturated heterocycles. The molecule has 0 bridgehead atoms. The van der Waals surface area contributed by atoms with Crippen LogP contribution in [0.4, 0.5) is 0 Å². The highest BCUT2D eigenvalue weighted by Gasteiger charge is 2.23. The van der Waals surface area contributed by atoms with Gasteiger partial charge in [-0.25, -0.2) is 0 Å². The van der Waals surface area contributed by atoms with Crippen LogP contribution in [0.3, 0.4) is 0 Å². The van der Waals surface area contributed by atoms with E-state index in [9.17, 15) is 4.79 Å². The highest BCUT2D eigenvalue weighted by Crippen LogP contribution is 2.25. The van der Waals surface area contributed by atoms with Crippen LogP contribution in [0.15, 0.2) is 22.9 Å². The van der Waals surface area contributed by atoms with Gasteiger partial charge in [-0.3, -0.25) is 4.79 Å². The lowest BCUT2D eigenvalue weighted by atomic mass is 10.1. The summed E-state index contributed by atoms with van der Waals surface area (Å²) >= 11 is 3.21. The average molecular weight is 303 g/mol. The number of rotatable bonds is 1. The third-order valence-electron chi connectivity index (χ3n) is 3.23. The summed E-state index contributed by atoms with van der Waals surface area (Å²) < 4.78 is 0. The highest BCUT2D eigenvalue weighted by atomic mass is 32.1. The van der Waals surface area contributed by atoms with Crippen molar-refractivity contribution in [2.75, 3.05) is 13.2 Å². The van der Waals surface area contributed by atoms with Crippen molar-refractivity contribution in [3.8, 4) is 11.8 Å². The third-order valence-corrected chi connectivity index (χ3v) is 5.10. The summed E-state index contributed by atoms with van der Waals surface area (Å²) in [5.41, 5.74) is 1.96. The van der Waals surface area contributed by atoms with Crippen molar-refractivity contribution < 1.29 is 9.90 Å². The first-order chi connectivity index (χ1) is 9.78. The molecule has 0 spiro atoms. The van der Waals surface area contributed by atoms with Crippen molar-refractivity contribution in [3.63, 3.8) is 0 Å². The molecule has 0 unspecified atom stereocenters. The SMILES string of the molecule is O=C(c1csc(C#CCO)c1)N1CCc2sccc2C1. The third kappa shape index (κ3) is 2.63. The van der Waals surface area contributed by atoms with Gasteiger partial charge in [0.05, 0.1) is 10.4 Å². The van der Waals surface area contributed by atoms with E-state index >= 15 is 0 Å². The fourth-order valence-electron chi connectivity index (χ4n) is 2.24. The molecule has 0 saturated carbocycles. The Labute approximate surface area is 125 Å². The van der Waals surface area contributed by atoms with E-state index in [2.05, 4.69) is 23.3 Å². The van der Waals surface area contributed by atoms with Crippen molar-refractivity contribution in [1.82, 2.24) is 4.90 Å². The van der Waals surface area contributed by atoms with Gasteiger partial charge in [-0.15, -0.1) is 22.7 Å². The monoisotopic (exact) mass is 303 g/mol. The molecule has 0 aliphatic carbocycles. The van der Waals surface area contributed by atoms with Crippen molar-refractivity contribution in [1.29, 1.82) is 0 Å². The Bertz CT molecular complexity index is 690. The van der Waals surface area contributed by atoms with E-state index in [1.807, 2.05) is 10.3 Å². The van der Waals surface area contributed by atoms with Crippen molar-refractivity contribution in [2.45, 2.75) is 13.0 Å². The minimum Gasteiger partial charge on any atom is -0.384 e. The minimum absolute atomic E-state index is 0.0650. The Morgan fingerprint density at radius 1 is 1.45 bits per heavy atom.